The third-order valence-electron chi connectivity index (χ3n) is 3.03. The molecule has 1 aromatic carbocycles. The number of hydrogen-bond acceptors (Lipinski definition) is 5. The zero-order chi connectivity index (χ0) is 14.2. The Balaban J connectivity index is 2.16. The maximum atomic E-state index is 13.8. The molecule has 3 N–H and O–H groups in total. The van der Waals surface area contributed by atoms with Gasteiger partial charge in [0.2, 0.25) is 0 Å². The van der Waals surface area contributed by atoms with Gasteiger partial charge in [0.15, 0.2) is 21.4 Å². The summed E-state index contributed by atoms with van der Waals surface area (Å²) >= 11 is 0. The lowest BCUT2D eigenvalue weighted by molar-refractivity contribution is 0.0710. The molecule has 0 spiro atoms. The molecule has 2 unspecified atom stereocenters. The largest absolute Gasteiger partial charge is 0.484 e. The lowest BCUT2D eigenvalue weighted by atomic mass is 10.1. The molecule has 0 amide bonds. The Morgan fingerprint density at radius 1 is 1.47 bits per heavy atom. The Morgan fingerprint density at radius 3 is 2.63 bits per heavy atom. The first kappa shape index (κ1) is 14.2. The van der Waals surface area contributed by atoms with Gasteiger partial charge in [0.25, 0.3) is 0 Å². The molecule has 7 heteroatoms. The number of rotatable bonds is 3. The molecule has 0 aromatic heterocycles. The molecule has 3 atom stereocenters. The molecule has 1 saturated heterocycles. The molecular formula is C12H16FNO4S. The fourth-order valence-corrected chi connectivity index (χ4v) is 3.63. The molecule has 106 valence electrons. The highest BCUT2D eigenvalue weighted by atomic mass is 32.2. The Hall–Kier alpha value is -1.18. The van der Waals surface area contributed by atoms with Crippen LogP contribution in [0.2, 0.25) is 0 Å². The lowest BCUT2D eigenvalue weighted by Gasteiger charge is -2.17. The fourth-order valence-electron chi connectivity index (χ4n) is 1.97. The first-order valence-electron chi connectivity index (χ1n) is 5.88. The van der Waals surface area contributed by atoms with Crippen LogP contribution in [-0.4, -0.2) is 37.2 Å². The third kappa shape index (κ3) is 3.23. The van der Waals surface area contributed by atoms with Crippen LogP contribution in [0.5, 0.6) is 5.75 Å². The van der Waals surface area contributed by atoms with Crippen LogP contribution in [0.1, 0.15) is 18.5 Å². The molecule has 1 aliphatic heterocycles. The van der Waals surface area contributed by atoms with Crippen molar-refractivity contribution in [1.82, 2.24) is 0 Å². The minimum atomic E-state index is -3.32. The second-order valence-corrected chi connectivity index (χ2v) is 6.93. The number of hydrogen-bond donors (Lipinski definition) is 2. The summed E-state index contributed by atoms with van der Waals surface area (Å²) in [6, 6.07) is 3.95. The topological polar surface area (TPSA) is 89.6 Å². The number of ether oxygens (including phenoxy) is 1. The second kappa shape index (κ2) is 5.07. The molecule has 1 aromatic rings. The number of aliphatic hydroxyl groups excluding tert-OH is 1. The predicted octanol–water partition coefficient (Wildman–Crippen LogP) is 0.382. The average molecular weight is 289 g/mol. The van der Waals surface area contributed by atoms with Crippen molar-refractivity contribution in [2.45, 2.75) is 25.2 Å². The molecule has 0 aliphatic carbocycles. The van der Waals surface area contributed by atoms with E-state index >= 15 is 0 Å². The van der Waals surface area contributed by atoms with E-state index in [1.54, 1.807) is 13.0 Å². The zero-order valence-electron chi connectivity index (χ0n) is 10.4. The van der Waals surface area contributed by atoms with Crippen LogP contribution in [0.3, 0.4) is 0 Å². The number of benzene rings is 1. The Kier molecular flexibility index (Phi) is 3.80. The molecular weight excluding hydrogens is 273 g/mol. The van der Waals surface area contributed by atoms with E-state index in [9.17, 15) is 17.9 Å². The van der Waals surface area contributed by atoms with Crippen LogP contribution in [-0.2, 0) is 9.84 Å². The van der Waals surface area contributed by atoms with Gasteiger partial charge in [-0.3, -0.25) is 0 Å². The minimum Gasteiger partial charge on any atom is -0.484 e. The smallest absolute Gasteiger partial charge is 0.165 e. The normalized spacial score (nSPS) is 27.2. The molecule has 1 fully saturated rings. The molecule has 0 saturated carbocycles. The Morgan fingerprint density at radius 2 is 2.16 bits per heavy atom. The zero-order valence-corrected chi connectivity index (χ0v) is 11.2. The van der Waals surface area contributed by atoms with Crippen molar-refractivity contribution in [1.29, 1.82) is 0 Å². The molecule has 2 rings (SSSR count). The van der Waals surface area contributed by atoms with Crippen LogP contribution in [0, 0.1) is 5.82 Å². The molecule has 0 bridgehead atoms. The second-order valence-electron chi connectivity index (χ2n) is 4.78. The van der Waals surface area contributed by atoms with Crippen molar-refractivity contribution in [3.8, 4) is 5.75 Å². The van der Waals surface area contributed by atoms with Gasteiger partial charge in [0.05, 0.1) is 11.5 Å². The molecule has 0 radical (unpaired) electrons. The van der Waals surface area contributed by atoms with Gasteiger partial charge in [0.1, 0.15) is 12.2 Å². The number of aliphatic hydroxyl groups is 1. The summed E-state index contributed by atoms with van der Waals surface area (Å²) in [4.78, 5) is 0. The SMILES string of the molecule is C[C@@H](N)c1ccc(OC2CS(=O)(=O)CC2O)c(F)c1. The van der Waals surface area contributed by atoms with E-state index < -0.39 is 27.9 Å². The van der Waals surface area contributed by atoms with Crippen molar-refractivity contribution in [3.05, 3.63) is 29.6 Å². The van der Waals surface area contributed by atoms with E-state index in [0.717, 1.165) is 0 Å². The van der Waals surface area contributed by atoms with Gasteiger partial charge in [-0.15, -0.1) is 0 Å². The third-order valence-corrected chi connectivity index (χ3v) is 4.72. The van der Waals surface area contributed by atoms with Crippen molar-refractivity contribution in [2.24, 2.45) is 5.73 Å². The van der Waals surface area contributed by atoms with Crippen molar-refractivity contribution >= 4 is 9.84 Å². The number of sulfone groups is 1. The summed E-state index contributed by atoms with van der Waals surface area (Å²) in [7, 11) is -3.32. The van der Waals surface area contributed by atoms with E-state index in [2.05, 4.69) is 0 Å². The van der Waals surface area contributed by atoms with Crippen molar-refractivity contribution < 1.29 is 22.7 Å². The van der Waals surface area contributed by atoms with Gasteiger partial charge < -0.3 is 15.6 Å². The fraction of sp³-hybridized carbons (Fsp3) is 0.500. The maximum absolute atomic E-state index is 13.8. The first-order chi connectivity index (χ1) is 8.78. The van der Waals surface area contributed by atoms with Gasteiger partial charge >= 0.3 is 0 Å². The lowest BCUT2D eigenvalue weighted by Crippen LogP contribution is -2.30. The minimum absolute atomic E-state index is 0.0782. The molecule has 1 heterocycles. The van der Waals surface area contributed by atoms with Gasteiger partial charge in [0, 0.05) is 6.04 Å². The summed E-state index contributed by atoms with van der Waals surface area (Å²) in [5, 5.41) is 9.57. The number of halogens is 1. The van der Waals surface area contributed by atoms with E-state index in [0.29, 0.717) is 5.56 Å². The van der Waals surface area contributed by atoms with Crippen molar-refractivity contribution in [2.75, 3.05) is 11.5 Å². The van der Waals surface area contributed by atoms with Crippen LogP contribution in [0.15, 0.2) is 18.2 Å². The summed E-state index contributed by atoms with van der Waals surface area (Å²) in [5.41, 5.74) is 6.24. The summed E-state index contributed by atoms with van der Waals surface area (Å²) in [6.07, 6.45) is -2.06. The predicted molar refractivity (Wildman–Crippen MR) is 68.1 cm³/mol. The van der Waals surface area contributed by atoms with Crippen LogP contribution < -0.4 is 10.5 Å². The van der Waals surface area contributed by atoms with Gasteiger partial charge in [-0.05, 0) is 24.6 Å². The molecule has 5 nitrogen and oxygen atoms in total. The standard InChI is InChI=1S/C12H16FNO4S/c1-7(14)8-2-3-11(9(13)4-8)18-12-6-19(16,17)5-10(12)15/h2-4,7,10,12,15H,5-6,14H2,1H3/t7-,10?,12?/m1/s1. The van der Waals surface area contributed by atoms with E-state index in [4.69, 9.17) is 10.5 Å². The monoisotopic (exact) mass is 289 g/mol. The summed E-state index contributed by atoms with van der Waals surface area (Å²) in [5.74, 6) is -1.35. The Bertz CT molecular complexity index is 573. The molecule has 1 aliphatic rings. The molecule has 19 heavy (non-hydrogen) atoms. The van der Waals surface area contributed by atoms with Crippen molar-refractivity contribution in [3.63, 3.8) is 0 Å². The maximum Gasteiger partial charge on any atom is 0.165 e. The summed E-state index contributed by atoms with van der Waals surface area (Å²) in [6.45, 7) is 1.72. The first-order valence-corrected chi connectivity index (χ1v) is 7.71. The van der Waals surface area contributed by atoms with Gasteiger partial charge in [-0.2, -0.15) is 0 Å². The highest BCUT2D eigenvalue weighted by Crippen LogP contribution is 2.25. The average Bonchev–Trinajstić information content (AvgIpc) is 2.54. The summed E-state index contributed by atoms with van der Waals surface area (Å²) < 4.78 is 41.7. The van der Waals surface area contributed by atoms with Crippen LogP contribution in [0.4, 0.5) is 4.39 Å². The van der Waals surface area contributed by atoms with Gasteiger partial charge in [-0.1, -0.05) is 6.07 Å². The number of nitrogens with two attached hydrogens (primary N) is 1. The quantitative estimate of drug-likeness (QED) is 0.840. The van der Waals surface area contributed by atoms with E-state index in [1.807, 2.05) is 0 Å². The Labute approximate surface area is 111 Å². The van der Waals surface area contributed by atoms with E-state index in [1.165, 1.54) is 12.1 Å². The highest BCUT2D eigenvalue weighted by Gasteiger charge is 2.38. The highest BCUT2D eigenvalue weighted by molar-refractivity contribution is 7.91. The van der Waals surface area contributed by atoms with Gasteiger partial charge in [-0.25, -0.2) is 12.8 Å². The van der Waals surface area contributed by atoms with Crippen LogP contribution >= 0.6 is 0 Å². The van der Waals surface area contributed by atoms with Crippen LogP contribution in [0.25, 0.3) is 0 Å². The van der Waals surface area contributed by atoms with E-state index in [-0.39, 0.29) is 23.3 Å².